The second kappa shape index (κ2) is 6.71. The van der Waals surface area contributed by atoms with Gasteiger partial charge in [0.2, 0.25) is 0 Å². The van der Waals surface area contributed by atoms with Gasteiger partial charge in [0.1, 0.15) is 5.82 Å². The minimum Gasteiger partial charge on any atom is -0.350 e. The summed E-state index contributed by atoms with van der Waals surface area (Å²) < 4.78 is 0. The average molecular weight is 289 g/mol. The molecule has 3 heterocycles. The highest BCUT2D eigenvalue weighted by atomic mass is 15.3. The van der Waals surface area contributed by atoms with E-state index in [2.05, 4.69) is 38.9 Å². The van der Waals surface area contributed by atoms with Gasteiger partial charge in [0, 0.05) is 31.7 Å². The van der Waals surface area contributed by atoms with Crippen LogP contribution in [0.2, 0.25) is 0 Å². The molecule has 0 spiro atoms. The van der Waals surface area contributed by atoms with E-state index in [1.807, 2.05) is 12.4 Å². The highest BCUT2D eigenvalue weighted by molar-refractivity contribution is 5.39. The number of nitrogens with one attached hydrogen (secondary N) is 1. The number of piperazine rings is 1. The Balaban J connectivity index is 1.63. The van der Waals surface area contributed by atoms with Gasteiger partial charge in [0.05, 0.1) is 18.1 Å². The zero-order valence-corrected chi connectivity index (χ0v) is 13.3. The van der Waals surface area contributed by atoms with E-state index < -0.39 is 0 Å². The van der Waals surface area contributed by atoms with Crippen molar-refractivity contribution in [1.82, 2.24) is 20.2 Å². The maximum Gasteiger partial charge on any atom is 0.147 e. The van der Waals surface area contributed by atoms with E-state index in [1.165, 1.54) is 19.4 Å². The molecule has 0 amide bonds. The van der Waals surface area contributed by atoms with Crippen molar-refractivity contribution in [2.24, 2.45) is 0 Å². The number of hydrogen-bond donors (Lipinski definition) is 1. The van der Waals surface area contributed by atoms with Crippen molar-refractivity contribution < 1.29 is 0 Å². The van der Waals surface area contributed by atoms with Crippen LogP contribution in [0.3, 0.4) is 0 Å². The minimum absolute atomic E-state index is 0.526. The standard InChI is InChI=1S/C16H27N5/c1-3-6-17-8-14-9-19-16(10-18-14)21-12-15-5-4-7-20(15)11-13(21)2/h9-10,13,15,17H,3-8,11-12H2,1-2H3. The molecule has 0 saturated carbocycles. The lowest BCUT2D eigenvalue weighted by atomic mass is 10.1. The number of anilines is 1. The second-order valence-corrected chi connectivity index (χ2v) is 6.34. The van der Waals surface area contributed by atoms with Gasteiger partial charge >= 0.3 is 0 Å². The molecule has 0 bridgehead atoms. The number of nitrogens with zero attached hydrogens (tertiary/aromatic N) is 4. The molecule has 0 aromatic carbocycles. The summed E-state index contributed by atoms with van der Waals surface area (Å²) in [5.74, 6) is 1.04. The first-order valence-electron chi connectivity index (χ1n) is 8.30. The summed E-state index contributed by atoms with van der Waals surface area (Å²) >= 11 is 0. The molecule has 2 fully saturated rings. The molecule has 1 aromatic rings. The van der Waals surface area contributed by atoms with Crippen molar-refractivity contribution in [2.45, 2.75) is 51.7 Å². The molecule has 1 aromatic heterocycles. The first kappa shape index (κ1) is 14.7. The zero-order valence-electron chi connectivity index (χ0n) is 13.3. The fourth-order valence-corrected chi connectivity index (χ4v) is 3.49. The summed E-state index contributed by atoms with van der Waals surface area (Å²) in [4.78, 5) is 14.3. The van der Waals surface area contributed by atoms with Gasteiger partial charge in [-0.25, -0.2) is 4.98 Å². The fourth-order valence-electron chi connectivity index (χ4n) is 3.49. The first-order chi connectivity index (χ1) is 10.3. The van der Waals surface area contributed by atoms with Crippen LogP contribution in [-0.4, -0.2) is 53.1 Å². The third-order valence-corrected chi connectivity index (χ3v) is 4.66. The molecular formula is C16H27N5. The maximum absolute atomic E-state index is 4.65. The van der Waals surface area contributed by atoms with Gasteiger partial charge in [-0.2, -0.15) is 0 Å². The second-order valence-electron chi connectivity index (χ2n) is 6.34. The molecule has 2 aliphatic heterocycles. The van der Waals surface area contributed by atoms with E-state index in [0.717, 1.165) is 44.1 Å². The van der Waals surface area contributed by atoms with Crippen LogP contribution in [0.1, 0.15) is 38.8 Å². The Morgan fingerprint density at radius 1 is 1.29 bits per heavy atom. The van der Waals surface area contributed by atoms with Gasteiger partial charge in [0.15, 0.2) is 0 Å². The molecule has 2 atom stereocenters. The fraction of sp³-hybridized carbons (Fsp3) is 0.750. The molecule has 2 unspecified atom stereocenters. The molecule has 2 saturated heterocycles. The summed E-state index contributed by atoms with van der Waals surface area (Å²) in [5, 5.41) is 3.37. The normalized spacial score (nSPS) is 26.1. The van der Waals surface area contributed by atoms with Gasteiger partial charge < -0.3 is 10.2 Å². The highest BCUT2D eigenvalue weighted by Crippen LogP contribution is 2.27. The van der Waals surface area contributed by atoms with Crippen LogP contribution in [0.4, 0.5) is 5.82 Å². The van der Waals surface area contributed by atoms with E-state index >= 15 is 0 Å². The minimum atomic E-state index is 0.526. The van der Waals surface area contributed by atoms with Gasteiger partial charge in [-0.15, -0.1) is 0 Å². The van der Waals surface area contributed by atoms with E-state index in [0.29, 0.717) is 12.1 Å². The molecule has 3 rings (SSSR count). The maximum atomic E-state index is 4.65. The third kappa shape index (κ3) is 3.35. The Bertz CT molecular complexity index is 446. The topological polar surface area (TPSA) is 44.3 Å². The van der Waals surface area contributed by atoms with Crippen LogP contribution in [0.15, 0.2) is 12.4 Å². The zero-order chi connectivity index (χ0) is 14.7. The Kier molecular flexibility index (Phi) is 4.70. The number of rotatable bonds is 5. The number of hydrogen-bond acceptors (Lipinski definition) is 5. The smallest absolute Gasteiger partial charge is 0.147 e. The largest absolute Gasteiger partial charge is 0.350 e. The monoisotopic (exact) mass is 289 g/mol. The average Bonchev–Trinajstić information content (AvgIpc) is 2.94. The van der Waals surface area contributed by atoms with Gasteiger partial charge in [-0.3, -0.25) is 9.88 Å². The molecule has 5 nitrogen and oxygen atoms in total. The lowest BCUT2D eigenvalue weighted by Crippen LogP contribution is -2.55. The number of fused-ring (bicyclic) bond motifs is 1. The summed E-state index contributed by atoms with van der Waals surface area (Å²) in [6, 6.07) is 1.24. The molecule has 1 N–H and O–H groups in total. The third-order valence-electron chi connectivity index (χ3n) is 4.66. The van der Waals surface area contributed by atoms with E-state index in [4.69, 9.17) is 0 Å². The number of aromatic nitrogens is 2. The van der Waals surface area contributed by atoms with E-state index in [9.17, 15) is 0 Å². The molecular weight excluding hydrogens is 262 g/mol. The molecule has 0 radical (unpaired) electrons. The van der Waals surface area contributed by atoms with Crippen molar-refractivity contribution in [1.29, 1.82) is 0 Å². The lowest BCUT2D eigenvalue weighted by Gasteiger charge is -2.42. The Labute approximate surface area is 127 Å². The van der Waals surface area contributed by atoms with Crippen LogP contribution in [0, 0.1) is 0 Å². The summed E-state index contributed by atoms with van der Waals surface area (Å²) in [6.07, 6.45) is 7.69. The Morgan fingerprint density at radius 2 is 2.19 bits per heavy atom. The van der Waals surface area contributed by atoms with Crippen molar-refractivity contribution >= 4 is 5.82 Å². The van der Waals surface area contributed by atoms with Crippen molar-refractivity contribution in [2.75, 3.05) is 31.1 Å². The van der Waals surface area contributed by atoms with E-state index in [-0.39, 0.29) is 0 Å². The van der Waals surface area contributed by atoms with Crippen LogP contribution in [0.5, 0.6) is 0 Å². The highest BCUT2D eigenvalue weighted by Gasteiger charge is 2.34. The Hall–Kier alpha value is -1.20. The summed E-state index contributed by atoms with van der Waals surface area (Å²) in [5.41, 5.74) is 1.03. The molecule has 2 aliphatic rings. The van der Waals surface area contributed by atoms with Crippen molar-refractivity contribution in [3.8, 4) is 0 Å². The van der Waals surface area contributed by atoms with Crippen LogP contribution in [-0.2, 0) is 6.54 Å². The summed E-state index contributed by atoms with van der Waals surface area (Å²) in [6.45, 7) is 9.85. The Morgan fingerprint density at radius 3 is 2.95 bits per heavy atom. The van der Waals surface area contributed by atoms with Crippen molar-refractivity contribution in [3.05, 3.63) is 18.1 Å². The molecule has 116 valence electrons. The van der Waals surface area contributed by atoms with Gasteiger partial charge in [0.25, 0.3) is 0 Å². The molecule has 0 aliphatic carbocycles. The summed E-state index contributed by atoms with van der Waals surface area (Å²) in [7, 11) is 0. The van der Waals surface area contributed by atoms with Gasteiger partial charge in [-0.05, 0) is 39.3 Å². The van der Waals surface area contributed by atoms with Crippen LogP contribution < -0.4 is 10.2 Å². The first-order valence-corrected chi connectivity index (χ1v) is 8.30. The van der Waals surface area contributed by atoms with Crippen molar-refractivity contribution in [3.63, 3.8) is 0 Å². The predicted octanol–water partition coefficient (Wildman–Crippen LogP) is 1.65. The SMILES string of the molecule is CCCNCc1cnc(N2CC3CCCN3CC2C)cn1. The lowest BCUT2D eigenvalue weighted by molar-refractivity contribution is 0.202. The predicted molar refractivity (Wildman–Crippen MR) is 85.4 cm³/mol. The van der Waals surface area contributed by atoms with Gasteiger partial charge in [-0.1, -0.05) is 6.92 Å². The van der Waals surface area contributed by atoms with Crippen LogP contribution in [0.25, 0.3) is 0 Å². The van der Waals surface area contributed by atoms with E-state index in [1.54, 1.807) is 0 Å². The quantitative estimate of drug-likeness (QED) is 0.835. The van der Waals surface area contributed by atoms with Crippen LogP contribution >= 0.6 is 0 Å². The molecule has 5 heteroatoms. The molecule has 21 heavy (non-hydrogen) atoms.